The van der Waals surface area contributed by atoms with Gasteiger partial charge < -0.3 is 5.32 Å². The Hall–Kier alpha value is 0.140. The second kappa shape index (κ2) is 7.42. The second-order valence-corrected chi connectivity index (χ2v) is 5.59. The fraction of sp³-hybridized carbons (Fsp3) is 0.833. The van der Waals surface area contributed by atoms with Crippen molar-refractivity contribution < 1.29 is 0 Å². The lowest BCUT2D eigenvalue weighted by molar-refractivity contribution is 0.224. The van der Waals surface area contributed by atoms with E-state index in [0.29, 0.717) is 0 Å². The van der Waals surface area contributed by atoms with Crippen LogP contribution >= 0.6 is 15.9 Å². The molecular formula is C12H23BrN2. The van der Waals surface area contributed by atoms with E-state index < -0.39 is 0 Å². The molecule has 0 bridgehead atoms. The van der Waals surface area contributed by atoms with Gasteiger partial charge in [-0.1, -0.05) is 29.4 Å². The summed E-state index contributed by atoms with van der Waals surface area (Å²) in [4.78, 5) is 2.51. The van der Waals surface area contributed by atoms with Gasteiger partial charge in [-0.15, -0.1) is 0 Å². The summed E-state index contributed by atoms with van der Waals surface area (Å²) in [5.74, 6) is 0.831. The summed E-state index contributed by atoms with van der Waals surface area (Å²) in [5.41, 5.74) is 0. The molecule has 0 aromatic heterocycles. The van der Waals surface area contributed by atoms with Gasteiger partial charge in [0, 0.05) is 17.6 Å². The molecule has 0 radical (unpaired) electrons. The van der Waals surface area contributed by atoms with E-state index >= 15 is 0 Å². The number of rotatable bonds is 6. The summed E-state index contributed by atoms with van der Waals surface area (Å²) < 4.78 is 1.10. The Morgan fingerprint density at radius 1 is 1.60 bits per heavy atom. The van der Waals surface area contributed by atoms with Crippen molar-refractivity contribution in [3.05, 3.63) is 11.1 Å². The molecule has 0 aromatic carbocycles. The van der Waals surface area contributed by atoms with E-state index in [4.69, 9.17) is 0 Å². The highest BCUT2D eigenvalue weighted by molar-refractivity contribution is 9.11. The molecule has 1 N–H and O–H groups in total. The molecule has 1 atom stereocenters. The summed E-state index contributed by atoms with van der Waals surface area (Å²) in [6, 6.07) is 0. The Balaban J connectivity index is 2.31. The number of nitrogens with zero attached hydrogens (tertiary/aromatic N) is 1. The first-order valence-electron chi connectivity index (χ1n) is 5.98. The minimum absolute atomic E-state index is 0.831. The quantitative estimate of drug-likeness (QED) is 0.801. The van der Waals surface area contributed by atoms with Crippen molar-refractivity contribution in [1.82, 2.24) is 10.2 Å². The molecule has 1 aliphatic heterocycles. The number of piperidine rings is 1. The monoisotopic (exact) mass is 274 g/mol. The van der Waals surface area contributed by atoms with Crippen LogP contribution in [0.3, 0.4) is 0 Å². The molecule has 15 heavy (non-hydrogen) atoms. The maximum atomic E-state index is 3.93. The average Bonchev–Trinajstić information content (AvgIpc) is 2.18. The minimum atomic E-state index is 0.831. The molecule has 1 unspecified atom stereocenters. The Morgan fingerprint density at radius 3 is 2.93 bits per heavy atom. The summed E-state index contributed by atoms with van der Waals surface area (Å²) in [7, 11) is 0. The van der Waals surface area contributed by atoms with E-state index in [2.05, 4.69) is 39.6 Å². The van der Waals surface area contributed by atoms with Gasteiger partial charge in [-0.25, -0.2) is 0 Å². The van der Waals surface area contributed by atoms with Gasteiger partial charge in [-0.2, -0.15) is 0 Å². The van der Waals surface area contributed by atoms with Gasteiger partial charge in [0.05, 0.1) is 0 Å². The van der Waals surface area contributed by atoms with Crippen LogP contribution in [0.1, 0.15) is 26.2 Å². The minimum Gasteiger partial charge on any atom is -0.316 e. The normalized spacial score (nSPS) is 21.9. The van der Waals surface area contributed by atoms with E-state index in [1.807, 2.05) is 0 Å². The Morgan fingerprint density at radius 2 is 2.40 bits per heavy atom. The lowest BCUT2D eigenvalue weighted by Crippen LogP contribution is -2.39. The predicted octanol–water partition coefficient (Wildman–Crippen LogP) is 2.61. The van der Waals surface area contributed by atoms with E-state index in [9.17, 15) is 0 Å². The first-order valence-corrected chi connectivity index (χ1v) is 6.78. The second-order valence-electron chi connectivity index (χ2n) is 4.46. The number of nitrogens with one attached hydrogen (secondary N) is 1. The van der Waals surface area contributed by atoms with Gasteiger partial charge >= 0.3 is 0 Å². The average molecular weight is 275 g/mol. The number of hydrogen-bond donors (Lipinski definition) is 1. The van der Waals surface area contributed by atoms with Crippen LogP contribution in [0.2, 0.25) is 0 Å². The van der Waals surface area contributed by atoms with Gasteiger partial charge in [0.15, 0.2) is 0 Å². The van der Waals surface area contributed by atoms with Crippen LogP contribution in [0.25, 0.3) is 0 Å². The van der Waals surface area contributed by atoms with Gasteiger partial charge in [-0.05, 0) is 44.8 Å². The fourth-order valence-electron chi connectivity index (χ4n) is 2.24. The van der Waals surface area contributed by atoms with Gasteiger partial charge in [0.25, 0.3) is 0 Å². The van der Waals surface area contributed by atoms with Crippen LogP contribution in [-0.2, 0) is 0 Å². The molecule has 1 fully saturated rings. The maximum Gasteiger partial charge on any atom is 0.0294 e. The molecule has 1 saturated heterocycles. The molecule has 0 amide bonds. The molecule has 2 nitrogen and oxygen atoms in total. The summed E-state index contributed by atoms with van der Waals surface area (Å²) in [6.07, 6.45) is 3.93. The summed E-state index contributed by atoms with van der Waals surface area (Å²) >= 11 is 3.46. The standard InChI is InChI=1S/C12H23BrN2/c1-3-7-15(9-11(2)13)10-12-5-4-6-14-8-12/h12,14H,2-10H2,1H3. The van der Waals surface area contributed by atoms with Crippen molar-refractivity contribution in [2.75, 3.05) is 32.7 Å². The van der Waals surface area contributed by atoms with Crippen molar-refractivity contribution in [2.24, 2.45) is 5.92 Å². The molecule has 0 aliphatic carbocycles. The summed E-state index contributed by atoms with van der Waals surface area (Å²) in [5, 5.41) is 3.47. The topological polar surface area (TPSA) is 15.3 Å². The highest BCUT2D eigenvalue weighted by Gasteiger charge is 2.16. The van der Waals surface area contributed by atoms with Crippen molar-refractivity contribution in [2.45, 2.75) is 26.2 Å². The molecule has 88 valence electrons. The van der Waals surface area contributed by atoms with E-state index in [1.54, 1.807) is 0 Å². The third-order valence-electron chi connectivity index (χ3n) is 2.85. The molecule has 1 heterocycles. The first kappa shape index (κ1) is 13.2. The number of hydrogen-bond acceptors (Lipinski definition) is 2. The van der Waals surface area contributed by atoms with Gasteiger partial charge in [0.2, 0.25) is 0 Å². The fourth-order valence-corrected chi connectivity index (χ4v) is 2.59. The lowest BCUT2D eigenvalue weighted by atomic mass is 9.99. The van der Waals surface area contributed by atoms with E-state index in [-0.39, 0.29) is 0 Å². The molecule has 0 saturated carbocycles. The van der Waals surface area contributed by atoms with Crippen LogP contribution in [0.5, 0.6) is 0 Å². The smallest absolute Gasteiger partial charge is 0.0294 e. The molecule has 0 spiro atoms. The van der Waals surface area contributed by atoms with Crippen molar-refractivity contribution in [3.8, 4) is 0 Å². The third-order valence-corrected chi connectivity index (χ3v) is 3.10. The SMILES string of the molecule is C=C(Br)CN(CCC)CC1CCCNC1. The first-order chi connectivity index (χ1) is 7.22. The summed E-state index contributed by atoms with van der Waals surface area (Å²) in [6.45, 7) is 11.9. The lowest BCUT2D eigenvalue weighted by Gasteiger charge is -2.29. The zero-order valence-corrected chi connectivity index (χ0v) is 11.4. The third kappa shape index (κ3) is 5.69. The Kier molecular flexibility index (Phi) is 6.53. The maximum absolute atomic E-state index is 3.93. The van der Waals surface area contributed by atoms with Crippen molar-refractivity contribution in [1.29, 1.82) is 0 Å². The molecule has 1 rings (SSSR count). The van der Waals surface area contributed by atoms with Crippen LogP contribution in [-0.4, -0.2) is 37.6 Å². The van der Waals surface area contributed by atoms with Crippen LogP contribution in [0, 0.1) is 5.92 Å². The highest BCUT2D eigenvalue weighted by atomic mass is 79.9. The van der Waals surface area contributed by atoms with Gasteiger partial charge in [-0.3, -0.25) is 4.90 Å². The molecular weight excluding hydrogens is 252 g/mol. The number of halogens is 1. The van der Waals surface area contributed by atoms with Crippen LogP contribution in [0.4, 0.5) is 0 Å². The highest BCUT2D eigenvalue weighted by Crippen LogP contribution is 2.14. The molecule has 3 heteroatoms. The predicted molar refractivity (Wildman–Crippen MR) is 70.4 cm³/mol. The van der Waals surface area contributed by atoms with Crippen LogP contribution < -0.4 is 5.32 Å². The van der Waals surface area contributed by atoms with Crippen molar-refractivity contribution in [3.63, 3.8) is 0 Å². The van der Waals surface area contributed by atoms with E-state index in [1.165, 1.54) is 45.4 Å². The largest absolute Gasteiger partial charge is 0.316 e. The zero-order valence-electron chi connectivity index (χ0n) is 9.77. The Labute approximate surface area is 102 Å². The van der Waals surface area contributed by atoms with Crippen molar-refractivity contribution >= 4 is 15.9 Å². The van der Waals surface area contributed by atoms with Gasteiger partial charge in [0.1, 0.15) is 0 Å². The van der Waals surface area contributed by atoms with Crippen LogP contribution in [0.15, 0.2) is 11.1 Å². The Bertz CT molecular complexity index is 188. The molecule has 0 aromatic rings. The zero-order chi connectivity index (χ0) is 11.1. The molecule has 1 aliphatic rings. The van der Waals surface area contributed by atoms with E-state index in [0.717, 1.165) is 16.9 Å².